The minimum Gasteiger partial charge on any atom is -0.456 e. The van der Waals surface area contributed by atoms with Crippen molar-refractivity contribution in [1.82, 2.24) is 0 Å². The Morgan fingerprint density at radius 1 is 0.938 bits per heavy atom. The van der Waals surface area contributed by atoms with Crippen LogP contribution in [0.4, 0.5) is 17.1 Å². The van der Waals surface area contributed by atoms with Crippen molar-refractivity contribution >= 4 is 40.7 Å². The molecule has 1 aliphatic heterocycles. The van der Waals surface area contributed by atoms with Crippen molar-refractivity contribution in [3.63, 3.8) is 0 Å². The van der Waals surface area contributed by atoms with Crippen molar-refractivity contribution in [3.8, 4) is 6.07 Å². The smallest absolute Gasteiger partial charge is 0.308 e. The van der Waals surface area contributed by atoms with Crippen LogP contribution in [0.15, 0.2) is 82.6 Å². The minimum absolute atomic E-state index is 0.156. The molecule has 1 heterocycles. The van der Waals surface area contributed by atoms with E-state index in [1.165, 1.54) is 0 Å². The maximum atomic E-state index is 12.3. The van der Waals surface area contributed by atoms with Gasteiger partial charge in [-0.1, -0.05) is 48.2 Å². The maximum Gasteiger partial charge on any atom is 0.308 e. The van der Waals surface area contributed by atoms with Crippen LogP contribution in [0.1, 0.15) is 12.0 Å². The van der Waals surface area contributed by atoms with Gasteiger partial charge in [-0.2, -0.15) is 5.26 Å². The van der Waals surface area contributed by atoms with Gasteiger partial charge in [-0.15, -0.1) is 0 Å². The lowest BCUT2D eigenvalue weighted by molar-refractivity contribution is -0.147. The van der Waals surface area contributed by atoms with E-state index in [1.807, 2.05) is 36.4 Å². The number of amides is 1. The average Bonchev–Trinajstić information content (AvgIpc) is 2.82. The quantitative estimate of drug-likeness (QED) is 0.522. The molecule has 1 N–H and O–H groups in total. The number of nitriles is 1. The van der Waals surface area contributed by atoms with Crippen LogP contribution in [-0.4, -0.2) is 25.0 Å². The van der Waals surface area contributed by atoms with Gasteiger partial charge in [-0.3, -0.25) is 9.59 Å². The first kappa shape index (κ1) is 21.5. The third-order valence-electron chi connectivity index (χ3n) is 4.96. The molecule has 6 nitrogen and oxygen atoms in total. The normalized spacial score (nSPS) is 11.7. The highest BCUT2D eigenvalue weighted by atomic mass is 32.2. The standard InChI is InChI=1S/C25H21N3O3S/c26-15-13-18-9-11-19(12-10-18)27-24(29)17-31-25(30)14-16-28-20-5-1-3-7-22(20)32-23-8-4-2-6-21(23)28/h1-12H,13-14,16-17H2,(H,27,29). The topological polar surface area (TPSA) is 82.4 Å². The third-order valence-corrected chi connectivity index (χ3v) is 6.09. The van der Waals surface area contributed by atoms with E-state index in [9.17, 15) is 9.59 Å². The van der Waals surface area contributed by atoms with Gasteiger partial charge >= 0.3 is 5.97 Å². The fraction of sp³-hybridized carbons (Fsp3) is 0.160. The Labute approximate surface area is 190 Å². The van der Waals surface area contributed by atoms with Crippen molar-refractivity contribution in [2.24, 2.45) is 0 Å². The molecule has 1 amide bonds. The first-order chi connectivity index (χ1) is 15.6. The molecule has 32 heavy (non-hydrogen) atoms. The number of hydrogen-bond acceptors (Lipinski definition) is 6. The summed E-state index contributed by atoms with van der Waals surface area (Å²) in [6.45, 7) is 0.108. The molecule has 0 aliphatic carbocycles. The summed E-state index contributed by atoms with van der Waals surface area (Å²) in [6.07, 6.45) is 0.472. The fourth-order valence-corrected chi connectivity index (χ4v) is 4.53. The van der Waals surface area contributed by atoms with Gasteiger partial charge in [0.25, 0.3) is 5.91 Å². The zero-order valence-electron chi connectivity index (χ0n) is 17.3. The second-order valence-electron chi connectivity index (χ2n) is 7.18. The monoisotopic (exact) mass is 443 g/mol. The van der Waals surface area contributed by atoms with E-state index in [0.717, 1.165) is 26.7 Å². The summed E-state index contributed by atoms with van der Waals surface area (Å²) >= 11 is 1.71. The van der Waals surface area contributed by atoms with Crippen molar-refractivity contribution < 1.29 is 14.3 Å². The number of para-hydroxylation sites is 2. The van der Waals surface area contributed by atoms with Gasteiger partial charge in [-0.25, -0.2) is 0 Å². The summed E-state index contributed by atoms with van der Waals surface area (Å²) in [5.74, 6) is -0.839. The molecule has 160 valence electrons. The summed E-state index contributed by atoms with van der Waals surface area (Å²) in [5.41, 5.74) is 3.58. The largest absolute Gasteiger partial charge is 0.456 e. The van der Waals surface area contributed by atoms with Gasteiger partial charge in [0.05, 0.1) is 30.3 Å². The third kappa shape index (κ3) is 5.10. The van der Waals surface area contributed by atoms with E-state index >= 15 is 0 Å². The van der Waals surface area contributed by atoms with E-state index in [1.54, 1.807) is 36.0 Å². The van der Waals surface area contributed by atoms with Crippen molar-refractivity contribution in [2.75, 3.05) is 23.4 Å². The number of benzene rings is 3. The number of nitrogens with one attached hydrogen (secondary N) is 1. The predicted molar refractivity (Wildman–Crippen MR) is 124 cm³/mol. The lowest BCUT2D eigenvalue weighted by Crippen LogP contribution is -2.26. The molecular weight excluding hydrogens is 422 g/mol. The second kappa shape index (κ2) is 10.0. The average molecular weight is 444 g/mol. The predicted octanol–water partition coefficient (Wildman–Crippen LogP) is 4.93. The molecule has 3 aromatic carbocycles. The SMILES string of the molecule is N#CCc1ccc(NC(=O)COC(=O)CCN2c3ccccc3Sc3ccccc32)cc1. The molecule has 0 saturated carbocycles. The highest BCUT2D eigenvalue weighted by molar-refractivity contribution is 7.99. The first-order valence-corrected chi connectivity index (χ1v) is 11.0. The van der Waals surface area contributed by atoms with Crippen LogP contribution in [-0.2, 0) is 20.7 Å². The van der Waals surface area contributed by atoms with E-state index in [4.69, 9.17) is 10.00 Å². The molecule has 4 rings (SSSR count). The number of carbonyl (C=O) groups excluding carboxylic acids is 2. The van der Waals surface area contributed by atoms with E-state index in [-0.39, 0.29) is 13.0 Å². The Balaban J connectivity index is 1.31. The van der Waals surface area contributed by atoms with E-state index < -0.39 is 11.9 Å². The number of nitrogens with zero attached hydrogens (tertiary/aromatic N) is 2. The van der Waals surface area contributed by atoms with Crippen LogP contribution in [0, 0.1) is 11.3 Å². The Morgan fingerprint density at radius 3 is 2.19 bits per heavy atom. The van der Waals surface area contributed by atoms with Crippen molar-refractivity contribution in [1.29, 1.82) is 5.26 Å². The van der Waals surface area contributed by atoms with Crippen molar-refractivity contribution in [3.05, 3.63) is 78.4 Å². The van der Waals surface area contributed by atoms with Gasteiger partial charge in [0.2, 0.25) is 0 Å². The number of hydrogen-bond donors (Lipinski definition) is 1. The summed E-state index contributed by atoms with van der Waals surface area (Å²) in [7, 11) is 0. The highest BCUT2D eigenvalue weighted by Gasteiger charge is 2.23. The van der Waals surface area contributed by atoms with Crippen molar-refractivity contribution in [2.45, 2.75) is 22.6 Å². The molecule has 0 radical (unpaired) electrons. The fourth-order valence-electron chi connectivity index (χ4n) is 3.44. The number of carbonyl (C=O) groups is 2. The summed E-state index contributed by atoms with van der Waals surface area (Å²) in [4.78, 5) is 28.8. The molecule has 0 spiro atoms. The molecule has 0 saturated heterocycles. The maximum absolute atomic E-state index is 12.3. The number of anilines is 3. The van der Waals surface area contributed by atoms with Crippen LogP contribution in [0.25, 0.3) is 0 Å². The van der Waals surface area contributed by atoms with Crippen LogP contribution in [0.2, 0.25) is 0 Å². The Kier molecular flexibility index (Phi) is 6.73. The van der Waals surface area contributed by atoms with E-state index in [2.05, 4.69) is 28.4 Å². The zero-order chi connectivity index (χ0) is 22.3. The van der Waals surface area contributed by atoms with Gasteiger partial charge in [0, 0.05) is 22.0 Å². The number of rotatable bonds is 7. The summed E-state index contributed by atoms with van der Waals surface area (Å²) < 4.78 is 5.18. The van der Waals surface area contributed by atoms with Gasteiger partial charge in [-0.05, 0) is 42.0 Å². The lowest BCUT2D eigenvalue weighted by atomic mass is 10.1. The van der Waals surface area contributed by atoms with E-state index in [0.29, 0.717) is 18.7 Å². The van der Waals surface area contributed by atoms with Gasteiger partial charge in [0.15, 0.2) is 6.61 Å². The zero-order valence-corrected chi connectivity index (χ0v) is 18.1. The number of esters is 1. The Morgan fingerprint density at radius 2 is 1.56 bits per heavy atom. The molecule has 1 aliphatic rings. The number of fused-ring (bicyclic) bond motifs is 2. The first-order valence-electron chi connectivity index (χ1n) is 10.2. The Hall–Kier alpha value is -3.76. The molecular formula is C25H21N3O3S. The number of ether oxygens (including phenoxy) is 1. The highest BCUT2D eigenvalue weighted by Crippen LogP contribution is 2.47. The molecule has 7 heteroatoms. The molecule has 0 aromatic heterocycles. The molecule has 0 bridgehead atoms. The van der Waals surface area contributed by atoms with Crippen LogP contribution >= 0.6 is 11.8 Å². The van der Waals surface area contributed by atoms with Crippen LogP contribution in [0.3, 0.4) is 0 Å². The van der Waals surface area contributed by atoms with Gasteiger partial charge in [0.1, 0.15) is 0 Å². The van der Waals surface area contributed by atoms with Crippen LogP contribution < -0.4 is 10.2 Å². The molecule has 3 aromatic rings. The molecule has 0 atom stereocenters. The second-order valence-corrected chi connectivity index (χ2v) is 8.26. The van der Waals surface area contributed by atoms with Crippen LogP contribution in [0.5, 0.6) is 0 Å². The lowest BCUT2D eigenvalue weighted by Gasteiger charge is -2.32. The molecule has 0 unspecified atom stereocenters. The summed E-state index contributed by atoms with van der Waals surface area (Å²) in [5, 5.41) is 11.4. The van der Waals surface area contributed by atoms with Gasteiger partial charge < -0.3 is 15.0 Å². The minimum atomic E-state index is -0.433. The molecule has 0 fully saturated rings. The summed E-state index contributed by atoms with van der Waals surface area (Å²) in [6, 6.07) is 25.2. The Bertz CT molecular complexity index is 1130.